The van der Waals surface area contributed by atoms with Crippen LogP contribution < -0.4 is 10.6 Å². The summed E-state index contributed by atoms with van der Waals surface area (Å²) in [5.41, 5.74) is 1.73. The highest BCUT2D eigenvalue weighted by Crippen LogP contribution is 2.24. The van der Waals surface area contributed by atoms with Crippen LogP contribution in [0.4, 0.5) is 15.2 Å². The van der Waals surface area contributed by atoms with E-state index in [1.54, 1.807) is 54.7 Å². The van der Waals surface area contributed by atoms with Crippen molar-refractivity contribution in [3.8, 4) is 0 Å². The Hall–Kier alpha value is -3.36. The number of nitrogens with one attached hydrogen (secondary N) is 2. The largest absolute Gasteiger partial charge is 0.321 e. The van der Waals surface area contributed by atoms with Crippen molar-refractivity contribution in [3.63, 3.8) is 0 Å². The summed E-state index contributed by atoms with van der Waals surface area (Å²) in [6, 6.07) is 16.6. The minimum Gasteiger partial charge on any atom is -0.321 e. The Labute approximate surface area is 180 Å². The van der Waals surface area contributed by atoms with Crippen LogP contribution in [0, 0.1) is 5.82 Å². The van der Waals surface area contributed by atoms with Gasteiger partial charge in [-0.25, -0.2) is 9.37 Å². The molecule has 8 heteroatoms. The van der Waals surface area contributed by atoms with Crippen molar-refractivity contribution >= 4 is 45.3 Å². The predicted molar refractivity (Wildman–Crippen MR) is 118 cm³/mol. The molecule has 2 amide bonds. The zero-order valence-corrected chi connectivity index (χ0v) is 17.2. The van der Waals surface area contributed by atoms with E-state index in [1.807, 2.05) is 5.38 Å². The molecule has 0 fully saturated rings. The molecule has 0 saturated carbocycles. The van der Waals surface area contributed by atoms with Crippen LogP contribution in [0.3, 0.4) is 0 Å². The van der Waals surface area contributed by atoms with Gasteiger partial charge in [0.05, 0.1) is 16.1 Å². The molecule has 0 aliphatic heterocycles. The van der Waals surface area contributed by atoms with Gasteiger partial charge in [0.2, 0.25) is 0 Å². The van der Waals surface area contributed by atoms with E-state index in [1.165, 1.54) is 34.8 Å². The molecule has 2 aromatic carbocycles. The second-order valence-corrected chi connectivity index (χ2v) is 8.43. The number of thiazole rings is 1. The van der Waals surface area contributed by atoms with Gasteiger partial charge in [0, 0.05) is 17.5 Å². The van der Waals surface area contributed by atoms with Crippen LogP contribution in [0.2, 0.25) is 0 Å². The van der Waals surface area contributed by atoms with E-state index in [4.69, 9.17) is 0 Å². The second kappa shape index (κ2) is 8.98. The Kier molecular flexibility index (Phi) is 5.97. The van der Waals surface area contributed by atoms with E-state index < -0.39 is 0 Å². The Balaban J connectivity index is 1.45. The quantitative estimate of drug-likeness (QED) is 0.422. The maximum Gasteiger partial charge on any atom is 0.265 e. The van der Waals surface area contributed by atoms with Gasteiger partial charge < -0.3 is 5.32 Å². The van der Waals surface area contributed by atoms with E-state index >= 15 is 0 Å². The van der Waals surface area contributed by atoms with Crippen molar-refractivity contribution < 1.29 is 14.0 Å². The molecule has 0 bridgehead atoms. The summed E-state index contributed by atoms with van der Waals surface area (Å²) in [5.74, 6) is -0.901. The second-order valence-electron chi connectivity index (χ2n) is 6.37. The summed E-state index contributed by atoms with van der Waals surface area (Å²) in [6.07, 6.45) is 2.29. The highest BCUT2D eigenvalue weighted by molar-refractivity contribution is 7.15. The topological polar surface area (TPSA) is 71.1 Å². The summed E-state index contributed by atoms with van der Waals surface area (Å²) in [7, 11) is 0. The third kappa shape index (κ3) is 4.79. The fourth-order valence-corrected chi connectivity index (χ4v) is 4.26. The number of nitrogens with zero attached hydrogens (tertiary/aromatic N) is 1. The van der Waals surface area contributed by atoms with Gasteiger partial charge in [-0.15, -0.1) is 22.7 Å². The van der Waals surface area contributed by atoms with Crippen molar-refractivity contribution in [2.24, 2.45) is 0 Å². The van der Waals surface area contributed by atoms with Gasteiger partial charge >= 0.3 is 0 Å². The number of hydrogen-bond acceptors (Lipinski definition) is 5. The number of carbonyl (C=O) groups excluding carboxylic acids is 2. The molecule has 30 heavy (non-hydrogen) atoms. The molecule has 0 spiro atoms. The Morgan fingerprint density at radius 2 is 1.73 bits per heavy atom. The van der Waals surface area contributed by atoms with Crippen LogP contribution >= 0.6 is 22.7 Å². The van der Waals surface area contributed by atoms with E-state index in [2.05, 4.69) is 15.6 Å². The van der Waals surface area contributed by atoms with Gasteiger partial charge in [0.1, 0.15) is 5.82 Å². The molecule has 150 valence electrons. The van der Waals surface area contributed by atoms with E-state index in [0.29, 0.717) is 27.7 Å². The lowest BCUT2D eigenvalue weighted by Gasteiger charge is -2.09. The van der Waals surface area contributed by atoms with Crippen LogP contribution in [0.15, 0.2) is 72.2 Å². The molecule has 0 unspecified atom stereocenters. The molecule has 0 aliphatic carbocycles. The molecule has 4 rings (SSSR count). The average molecular weight is 438 g/mol. The lowest BCUT2D eigenvalue weighted by atomic mass is 10.1. The van der Waals surface area contributed by atoms with Gasteiger partial charge in [0.25, 0.3) is 11.8 Å². The number of amides is 2. The van der Waals surface area contributed by atoms with Crippen molar-refractivity contribution in [1.29, 1.82) is 0 Å². The van der Waals surface area contributed by atoms with Gasteiger partial charge in [-0.05, 0) is 41.3 Å². The van der Waals surface area contributed by atoms with Gasteiger partial charge in [0.15, 0.2) is 5.13 Å². The Bertz CT molecular complexity index is 1170. The summed E-state index contributed by atoms with van der Waals surface area (Å²) >= 11 is 2.68. The first kappa shape index (κ1) is 19.9. The summed E-state index contributed by atoms with van der Waals surface area (Å²) < 4.78 is 13.0. The molecule has 4 aromatic rings. The normalized spacial score (nSPS) is 10.6. The van der Waals surface area contributed by atoms with Crippen LogP contribution in [0.1, 0.15) is 30.5 Å². The maximum atomic E-state index is 13.0. The van der Waals surface area contributed by atoms with Crippen LogP contribution in [-0.4, -0.2) is 16.8 Å². The third-order valence-corrected chi connectivity index (χ3v) is 6.01. The standard InChI is InChI=1S/C22H16FN3O2S2/c23-15-9-7-14(8-10-15)12-16-13-24-22(30-16)26-20(27)17-4-1-2-5-18(17)25-21(28)19-6-3-11-29-19/h1-11,13H,12H2,(H,25,28)(H,24,26,27). The molecule has 2 heterocycles. The summed E-state index contributed by atoms with van der Waals surface area (Å²) in [6.45, 7) is 0. The van der Waals surface area contributed by atoms with Gasteiger partial charge in [-0.2, -0.15) is 0 Å². The molecule has 0 radical (unpaired) electrons. The lowest BCUT2D eigenvalue weighted by Crippen LogP contribution is -2.17. The van der Waals surface area contributed by atoms with Crippen molar-refractivity contribution in [2.45, 2.75) is 6.42 Å². The summed E-state index contributed by atoms with van der Waals surface area (Å²) in [4.78, 5) is 30.9. The number of aromatic nitrogens is 1. The lowest BCUT2D eigenvalue weighted by molar-refractivity contribution is 0.102. The van der Waals surface area contributed by atoms with Gasteiger partial charge in [-0.1, -0.05) is 30.3 Å². The van der Waals surface area contributed by atoms with Crippen LogP contribution in [0.5, 0.6) is 0 Å². The number of rotatable bonds is 6. The fraction of sp³-hybridized carbons (Fsp3) is 0.0455. The molecular formula is C22H16FN3O2S2. The fourth-order valence-electron chi connectivity index (χ4n) is 2.80. The number of thiophene rings is 1. The monoisotopic (exact) mass is 437 g/mol. The number of hydrogen-bond donors (Lipinski definition) is 2. The molecular weight excluding hydrogens is 421 g/mol. The van der Waals surface area contributed by atoms with Crippen molar-refractivity contribution in [2.75, 3.05) is 10.6 Å². The minimum atomic E-state index is -0.361. The van der Waals surface area contributed by atoms with E-state index in [0.717, 1.165) is 10.4 Å². The van der Waals surface area contributed by atoms with E-state index in [-0.39, 0.29) is 17.6 Å². The highest BCUT2D eigenvalue weighted by atomic mass is 32.1. The first-order valence-corrected chi connectivity index (χ1v) is 10.7. The zero-order chi connectivity index (χ0) is 20.9. The number of anilines is 2. The number of halogens is 1. The molecule has 0 aliphatic rings. The summed E-state index contributed by atoms with van der Waals surface area (Å²) in [5, 5.41) is 7.84. The predicted octanol–water partition coefficient (Wildman–Crippen LogP) is 5.44. The number of carbonyl (C=O) groups is 2. The van der Waals surface area contributed by atoms with Gasteiger partial charge in [-0.3, -0.25) is 14.9 Å². The first-order valence-electron chi connectivity index (χ1n) is 9.03. The SMILES string of the molecule is O=C(Nc1ccccc1C(=O)Nc1ncc(Cc2ccc(F)cc2)s1)c1cccs1. The Morgan fingerprint density at radius 1 is 0.933 bits per heavy atom. The molecule has 0 atom stereocenters. The van der Waals surface area contributed by atoms with Crippen LogP contribution in [-0.2, 0) is 6.42 Å². The minimum absolute atomic E-state index is 0.263. The molecule has 2 aromatic heterocycles. The third-order valence-electron chi connectivity index (χ3n) is 4.23. The maximum absolute atomic E-state index is 13.0. The zero-order valence-electron chi connectivity index (χ0n) is 15.6. The van der Waals surface area contributed by atoms with E-state index in [9.17, 15) is 14.0 Å². The van der Waals surface area contributed by atoms with Crippen molar-refractivity contribution in [3.05, 3.63) is 98.9 Å². The first-order chi connectivity index (χ1) is 14.6. The molecule has 0 saturated heterocycles. The number of para-hydroxylation sites is 1. The van der Waals surface area contributed by atoms with Crippen molar-refractivity contribution in [1.82, 2.24) is 4.98 Å². The molecule has 2 N–H and O–H groups in total. The van der Waals surface area contributed by atoms with Crippen LogP contribution in [0.25, 0.3) is 0 Å². The Morgan fingerprint density at radius 3 is 2.50 bits per heavy atom. The smallest absolute Gasteiger partial charge is 0.265 e. The highest BCUT2D eigenvalue weighted by Gasteiger charge is 2.16. The molecule has 5 nitrogen and oxygen atoms in total. The average Bonchev–Trinajstić information content (AvgIpc) is 3.42. The number of benzene rings is 2.